The first-order chi connectivity index (χ1) is 16.5. The first-order valence-corrected chi connectivity index (χ1v) is 13.4. The van der Waals surface area contributed by atoms with E-state index in [-0.39, 0.29) is 5.91 Å². The molecular formula is C27H35N5OS. The number of thiophene rings is 1. The van der Waals surface area contributed by atoms with Crippen molar-refractivity contribution < 1.29 is 4.79 Å². The Hall–Kier alpha value is -2.51. The third kappa shape index (κ3) is 4.82. The quantitative estimate of drug-likeness (QED) is 0.528. The van der Waals surface area contributed by atoms with Gasteiger partial charge in [0.1, 0.15) is 16.5 Å². The molecule has 0 saturated carbocycles. The van der Waals surface area contributed by atoms with Gasteiger partial charge in [0.25, 0.3) is 0 Å². The van der Waals surface area contributed by atoms with E-state index in [0.29, 0.717) is 12.3 Å². The molecule has 0 radical (unpaired) electrons. The van der Waals surface area contributed by atoms with Crippen molar-refractivity contribution in [2.24, 2.45) is 5.92 Å². The molecule has 4 heterocycles. The van der Waals surface area contributed by atoms with E-state index in [9.17, 15) is 4.79 Å². The third-order valence-electron chi connectivity index (χ3n) is 6.97. The Morgan fingerprint density at radius 2 is 1.82 bits per heavy atom. The van der Waals surface area contributed by atoms with Gasteiger partial charge in [0.05, 0.1) is 5.39 Å². The number of fused-ring (bicyclic) bond motifs is 3. The van der Waals surface area contributed by atoms with Crippen molar-refractivity contribution in [1.82, 2.24) is 19.8 Å². The fraction of sp³-hybridized carbons (Fsp3) is 0.519. The maximum atomic E-state index is 12.6. The van der Waals surface area contributed by atoms with Crippen molar-refractivity contribution in [2.75, 3.05) is 44.2 Å². The number of carbonyl (C=O) groups is 1. The lowest BCUT2D eigenvalue weighted by atomic mass is 10.0. The maximum absolute atomic E-state index is 12.6. The second-order valence-corrected chi connectivity index (χ2v) is 11.0. The topological polar surface area (TPSA) is 52.6 Å². The molecule has 2 aliphatic heterocycles. The molecule has 2 aliphatic rings. The Labute approximate surface area is 206 Å². The predicted molar refractivity (Wildman–Crippen MR) is 140 cm³/mol. The fourth-order valence-corrected chi connectivity index (χ4v) is 6.35. The van der Waals surface area contributed by atoms with E-state index in [2.05, 4.69) is 54.8 Å². The van der Waals surface area contributed by atoms with Gasteiger partial charge in [-0.15, -0.1) is 11.3 Å². The van der Waals surface area contributed by atoms with Crippen LogP contribution < -0.4 is 4.90 Å². The van der Waals surface area contributed by atoms with Crippen LogP contribution in [0.2, 0.25) is 0 Å². The van der Waals surface area contributed by atoms with Gasteiger partial charge in [0.2, 0.25) is 5.91 Å². The van der Waals surface area contributed by atoms with E-state index in [4.69, 9.17) is 9.97 Å². The highest BCUT2D eigenvalue weighted by Gasteiger charge is 2.28. The van der Waals surface area contributed by atoms with Gasteiger partial charge in [-0.3, -0.25) is 9.69 Å². The lowest BCUT2D eigenvalue weighted by molar-refractivity contribution is -0.132. The highest BCUT2D eigenvalue weighted by molar-refractivity contribution is 7.19. The zero-order chi connectivity index (χ0) is 23.7. The number of aromatic nitrogens is 2. The molecule has 1 aromatic carbocycles. The minimum absolute atomic E-state index is 0.278. The molecule has 1 fully saturated rings. The van der Waals surface area contributed by atoms with Crippen molar-refractivity contribution in [2.45, 2.75) is 46.6 Å². The molecule has 0 N–H and O–H groups in total. The van der Waals surface area contributed by atoms with Gasteiger partial charge in [-0.05, 0) is 30.0 Å². The normalized spacial score (nSPS) is 16.9. The number of amides is 1. The molecular weight excluding hydrogens is 442 g/mol. The summed E-state index contributed by atoms with van der Waals surface area (Å²) in [5, 5.41) is 1.26. The maximum Gasteiger partial charge on any atom is 0.222 e. The molecule has 3 aromatic rings. The molecule has 6 nitrogen and oxygen atoms in total. The standard InChI is InChI=1S/C27H35N5OS/c1-4-30-11-10-21-22(18-30)34-27-25(21)26(28-23(29-27)17-20-8-6-5-7-9-20)32-14-12-31(13-15-32)24(33)16-19(2)3/h5-9,19H,4,10-18H2,1-3H3. The van der Waals surface area contributed by atoms with Gasteiger partial charge in [-0.25, -0.2) is 9.97 Å². The van der Waals surface area contributed by atoms with Crippen molar-refractivity contribution in [3.8, 4) is 0 Å². The van der Waals surface area contributed by atoms with Gasteiger partial charge in [0.15, 0.2) is 0 Å². The number of anilines is 1. The van der Waals surface area contributed by atoms with Crippen LogP contribution >= 0.6 is 11.3 Å². The summed E-state index contributed by atoms with van der Waals surface area (Å²) in [4.78, 5) is 32.3. The average Bonchev–Trinajstić information content (AvgIpc) is 3.21. The molecule has 2 aromatic heterocycles. The summed E-state index contributed by atoms with van der Waals surface area (Å²) in [6.45, 7) is 12.8. The Balaban J connectivity index is 1.47. The van der Waals surface area contributed by atoms with Crippen LogP contribution in [-0.2, 0) is 24.2 Å². The Morgan fingerprint density at radius 1 is 1.06 bits per heavy atom. The number of piperazine rings is 1. The molecule has 5 rings (SSSR count). The van der Waals surface area contributed by atoms with E-state index in [1.54, 1.807) is 0 Å². The molecule has 1 saturated heterocycles. The minimum Gasteiger partial charge on any atom is -0.352 e. The Bertz CT molecular complexity index is 1150. The van der Waals surface area contributed by atoms with Crippen LogP contribution in [0.4, 0.5) is 5.82 Å². The second-order valence-electron chi connectivity index (χ2n) is 9.89. The molecule has 0 spiro atoms. The predicted octanol–water partition coefficient (Wildman–Crippen LogP) is 4.35. The van der Waals surface area contributed by atoms with Crippen LogP contribution in [-0.4, -0.2) is 64.9 Å². The van der Waals surface area contributed by atoms with E-state index in [0.717, 1.165) is 75.1 Å². The summed E-state index contributed by atoms with van der Waals surface area (Å²) < 4.78 is 0. The molecule has 0 bridgehead atoms. The zero-order valence-corrected chi connectivity index (χ0v) is 21.4. The van der Waals surface area contributed by atoms with E-state index in [1.807, 2.05) is 22.3 Å². The summed E-state index contributed by atoms with van der Waals surface area (Å²) in [6, 6.07) is 10.5. The molecule has 0 unspecified atom stereocenters. The van der Waals surface area contributed by atoms with Gasteiger partial charge in [-0.1, -0.05) is 51.1 Å². The van der Waals surface area contributed by atoms with Crippen molar-refractivity contribution in [3.05, 3.63) is 52.2 Å². The summed E-state index contributed by atoms with van der Waals surface area (Å²) in [5.41, 5.74) is 2.68. The summed E-state index contributed by atoms with van der Waals surface area (Å²) in [5.74, 6) is 2.64. The third-order valence-corrected chi connectivity index (χ3v) is 8.08. The van der Waals surface area contributed by atoms with Gasteiger partial charge < -0.3 is 9.80 Å². The van der Waals surface area contributed by atoms with Crippen LogP contribution in [0.3, 0.4) is 0 Å². The van der Waals surface area contributed by atoms with E-state index in [1.165, 1.54) is 21.4 Å². The first-order valence-electron chi connectivity index (χ1n) is 12.6. The Kier molecular flexibility index (Phi) is 6.84. The molecule has 180 valence electrons. The van der Waals surface area contributed by atoms with Gasteiger partial charge in [0, 0.05) is 57.0 Å². The lowest BCUT2D eigenvalue weighted by Gasteiger charge is -2.36. The molecule has 0 aliphatic carbocycles. The molecule has 0 atom stereocenters. The minimum atomic E-state index is 0.278. The number of benzene rings is 1. The van der Waals surface area contributed by atoms with Crippen LogP contribution in [0.5, 0.6) is 0 Å². The van der Waals surface area contributed by atoms with Gasteiger partial charge >= 0.3 is 0 Å². The molecule has 7 heteroatoms. The van der Waals surface area contributed by atoms with Crippen molar-refractivity contribution in [3.63, 3.8) is 0 Å². The average molecular weight is 478 g/mol. The van der Waals surface area contributed by atoms with Gasteiger partial charge in [-0.2, -0.15) is 0 Å². The number of rotatable bonds is 6. The van der Waals surface area contributed by atoms with Crippen LogP contribution in [0.15, 0.2) is 30.3 Å². The molecule has 1 amide bonds. The SMILES string of the molecule is CCN1CCc2c(sc3nc(Cc4ccccc4)nc(N4CCN(C(=O)CC(C)C)CC4)c23)C1. The smallest absolute Gasteiger partial charge is 0.222 e. The molecule has 34 heavy (non-hydrogen) atoms. The van der Waals surface area contributed by atoms with E-state index >= 15 is 0 Å². The summed E-state index contributed by atoms with van der Waals surface area (Å²) in [6.07, 6.45) is 2.43. The van der Waals surface area contributed by atoms with Crippen LogP contribution in [0.1, 0.15) is 49.0 Å². The highest BCUT2D eigenvalue weighted by atomic mass is 32.1. The fourth-order valence-electron chi connectivity index (χ4n) is 5.07. The largest absolute Gasteiger partial charge is 0.352 e. The zero-order valence-electron chi connectivity index (χ0n) is 20.6. The number of carbonyl (C=O) groups excluding carboxylic acids is 1. The summed E-state index contributed by atoms with van der Waals surface area (Å²) in [7, 11) is 0. The van der Waals surface area contributed by atoms with Crippen LogP contribution in [0, 0.1) is 5.92 Å². The number of likely N-dealkylation sites (N-methyl/N-ethyl adjacent to an activating group) is 1. The Morgan fingerprint density at radius 3 is 2.53 bits per heavy atom. The monoisotopic (exact) mass is 477 g/mol. The number of hydrogen-bond donors (Lipinski definition) is 0. The summed E-state index contributed by atoms with van der Waals surface area (Å²) >= 11 is 1.85. The second kappa shape index (κ2) is 10.0. The van der Waals surface area contributed by atoms with Crippen molar-refractivity contribution in [1.29, 1.82) is 0 Å². The number of hydrogen-bond acceptors (Lipinski definition) is 6. The lowest BCUT2D eigenvalue weighted by Crippen LogP contribution is -2.49. The number of nitrogens with zero attached hydrogens (tertiary/aromatic N) is 5. The first kappa shape index (κ1) is 23.2. The highest BCUT2D eigenvalue weighted by Crippen LogP contribution is 2.39. The van der Waals surface area contributed by atoms with E-state index < -0.39 is 0 Å². The van der Waals surface area contributed by atoms with Crippen LogP contribution in [0.25, 0.3) is 10.2 Å². The van der Waals surface area contributed by atoms with Crippen molar-refractivity contribution >= 4 is 33.3 Å².